The van der Waals surface area contributed by atoms with E-state index in [-0.39, 0.29) is 5.91 Å². The van der Waals surface area contributed by atoms with Crippen LogP contribution < -0.4 is 0 Å². The van der Waals surface area contributed by atoms with Crippen molar-refractivity contribution in [3.8, 4) is 5.69 Å². The molecule has 0 N–H and O–H groups in total. The molecule has 124 valence electrons. The maximum absolute atomic E-state index is 12.6. The second-order valence-electron chi connectivity index (χ2n) is 5.68. The van der Waals surface area contributed by atoms with Crippen molar-refractivity contribution >= 4 is 5.91 Å². The maximum Gasteiger partial charge on any atom is 0.257 e. The Morgan fingerprint density at radius 2 is 2.00 bits per heavy atom. The molecule has 1 aromatic carbocycles. The van der Waals surface area contributed by atoms with E-state index < -0.39 is 0 Å². The van der Waals surface area contributed by atoms with Crippen LogP contribution in [0.15, 0.2) is 30.5 Å². The molecule has 5 heteroatoms. The van der Waals surface area contributed by atoms with Gasteiger partial charge in [0, 0.05) is 27.3 Å². The highest BCUT2D eigenvalue weighted by Crippen LogP contribution is 2.18. The Labute approximate surface area is 137 Å². The number of aromatic nitrogens is 2. The minimum atomic E-state index is 0.0105. The van der Waals surface area contributed by atoms with Crippen molar-refractivity contribution in [1.29, 1.82) is 0 Å². The van der Waals surface area contributed by atoms with E-state index in [0.717, 1.165) is 24.2 Å². The van der Waals surface area contributed by atoms with Gasteiger partial charge in [-0.1, -0.05) is 24.6 Å². The van der Waals surface area contributed by atoms with Crippen LogP contribution >= 0.6 is 0 Å². The number of nitrogens with zero attached hydrogens (tertiary/aromatic N) is 3. The van der Waals surface area contributed by atoms with E-state index in [0.29, 0.717) is 18.7 Å². The summed E-state index contributed by atoms with van der Waals surface area (Å²) in [5, 5.41) is 4.43. The van der Waals surface area contributed by atoms with Gasteiger partial charge in [-0.05, 0) is 31.9 Å². The van der Waals surface area contributed by atoms with Gasteiger partial charge in [-0.25, -0.2) is 4.68 Å². The third kappa shape index (κ3) is 3.99. The summed E-state index contributed by atoms with van der Waals surface area (Å²) in [6.45, 7) is 5.42. The fraction of sp³-hybridized carbons (Fsp3) is 0.444. The van der Waals surface area contributed by atoms with Crippen LogP contribution in [0.5, 0.6) is 0 Å². The zero-order chi connectivity index (χ0) is 16.8. The van der Waals surface area contributed by atoms with E-state index in [1.807, 2.05) is 30.8 Å². The van der Waals surface area contributed by atoms with E-state index in [2.05, 4.69) is 24.2 Å². The van der Waals surface area contributed by atoms with Gasteiger partial charge in [-0.3, -0.25) is 4.79 Å². The summed E-state index contributed by atoms with van der Waals surface area (Å²) in [4.78, 5) is 14.4. The Kier molecular flexibility index (Phi) is 5.93. The third-order valence-corrected chi connectivity index (χ3v) is 3.90. The number of aryl methyl sites for hydroxylation is 1. The van der Waals surface area contributed by atoms with Crippen LogP contribution in [0.4, 0.5) is 0 Å². The first kappa shape index (κ1) is 17.2. The summed E-state index contributed by atoms with van der Waals surface area (Å²) in [5.41, 5.74) is 3.80. The molecular weight excluding hydrogens is 290 g/mol. The minimum absolute atomic E-state index is 0.0105. The number of hydrogen-bond acceptors (Lipinski definition) is 3. The average Bonchev–Trinajstić information content (AvgIpc) is 2.98. The molecule has 0 spiro atoms. The predicted molar refractivity (Wildman–Crippen MR) is 91.1 cm³/mol. The SMILES string of the molecule is CCc1c(C(=O)N(C)CCCOC)cnn1-c1ccc(C)cc1. The number of amides is 1. The van der Waals surface area contributed by atoms with Crippen molar-refractivity contribution in [2.24, 2.45) is 0 Å². The molecule has 0 saturated carbocycles. The van der Waals surface area contributed by atoms with Crippen LogP contribution in [-0.2, 0) is 11.2 Å². The Bertz CT molecular complexity index is 647. The van der Waals surface area contributed by atoms with Gasteiger partial charge in [0.05, 0.1) is 23.1 Å². The minimum Gasteiger partial charge on any atom is -0.385 e. The van der Waals surface area contributed by atoms with Gasteiger partial charge in [0.1, 0.15) is 0 Å². The molecule has 0 unspecified atom stereocenters. The van der Waals surface area contributed by atoms with Crippen molar-refractivity contribution in [1.82, 2.24) is 14.7 Å². The van der Waals surface area contributed by atoms with Gasteiger partial charge in [-0.2, -0.15) is 5.10 Å². The van der Waals surface area contributed by atoms with Gasteiger partial charge in [0.2, 0.25) is 0 Å². The van der Waals surface area contributed by atoms with E-state index >= 15 is 0 Å². The van der Waals surface area contributed by atoms with Gasteiger partial charge in [0.25, 0.3) is 5.91 Å². The Morgan fingerprint density at radius 3 is 2.61 bits per heavy atom. The molecule has 1 amide bonds. The Morgan fingerprint density at radius 1 is 1.30 bits per heavy atom. The molecule has 0 fully saturated rings. The van der Waals surface area contributed by atoms with Crippen molar-refractivity contribution in [2.45, 2.75) is 26.7 Å². The van der Waals surface area contributed by atoms with Crippen LogP contribution in [0, 0.1) is 6.92 Å². The molecule has 1 heterocycles. The van der Waals surface area contributed by atoms with Crippen LogP contribution in [-0.4, -0.2) is 47.9 Å². The highest BCUT2D eigenvalue weighted by Gasteiger charge is 2.20. The van der Waals surface area contributed by atoms with Crippen LogP contribution in [0.3, 0.4) is 0 Å². The molecule has 5 nitrogen and oxygen atoms in total. The lowest BCUT2D eigenvalue weighted by Crippen LogP contribution is -2.29. The lowest BCUT2D eigenvalue weighted by atomic mass is 10.1. The van der Waals surface area contributed by atoms with E-state index in [4.69, 9.17) is 4.74 Å². The summed E-state index contributed by atoms with van der Waals surface area (Å²) in [7, 11) is 3.49. The molecule has 0 aliphatic heterocycles. The van der Waals surface area contributed by atoms with E-state index in [1.165, 1.54) is 5.56 Å². The summed E-state index contributed by atoms with van der Waals surface area (Å²) in [5.74, 6) is 0.0105. The molecule has 0 saturated heterocycles. The molecule has 0 aliphatic carbocycles. The van der Waals surface area contributed by atoms with E-state index in [1.54, 1.807) is 18.2 Å². The molecule has 0 bridgehead atoms. The highest BCUT2D eigenvalue weighted by molar-refractivity contribution is 5.95. The molecule has 2 aromatic rings. The first-order valence-electron chi connectivity index (χ1n) is 7.96. The zero-order valence-corrected chi connectivity index (χ0v) is 14.4. The Hall–Kier alpha value is -2.14. The zero-order valence-electron chi connectivity index (χ0n) is 14.4. The van der Waals surface area contributed by atoms with E-state index in [9.17, 15) is 4.79 Å². The first-order chi connectivity index (χ1) is 11.1. The first-order valence-corrected chi connectivity index (χ1v) is 7.96. The summed E-state index contributed by atoms with van der Waals surface area (Å²) in [6.07, 6.45) is 3.25. The number of ether oxygens (including phenoxy) is 1. The monoisotopic (exact) mass is 315 g/mol. The second-order valence-corrected chi connectivity index (χ2v) is 5.68. The van der Waals surface area contributed by atoms with Crippen LogP contribution in [0.25, 0.3) is 5.69 Å². The molecule has 23 heavy (non-hydrogen) atoms. The van der Waals surface area contributed by atoms with Crippen molar-refractivity contribution in [3.63, 3.8) is 0 Å². The summed E-state index contributed by atoms with van der Waals surface area (Å²) < 4.78 is 6.90. The molecule has 0 atom stereocenters. The molecule has 2 rings (SSSR count). The normalized spacial score (nSPS) is 10.8. The summed E-state index contributed by atoms with van der Waals surface area (Å²) >= 11 is 0. The number of carbonyl (C=O) groups excluding carboxylic acids is 1. The topological polar surface area (TPSA) is 47.4 Å². The number of methoxy groups -OCH3 is 1. The maximum atomic E-state index is 12.6. The number of rotatable bonds is 7. The van der Waals surface area contributed by atoms with Crippen LogP contribution in [0.2, 0.25) is 0 Å². The van der Waals surface area contributed by atoms with Gasteiger partial charge < -0.3 is 9.64 Å². The highest BCUT2D eigenvalue weighted by atomic mass is 16.5. The fourth-order valence-electron chi connectivity index (χ4n) is 2.55. The van der Waals surface area contributed by atoms with Crippen LogP contribution in [0.1, 0.15) is 35.0 Å². The van der Waals surface area contributed by atoms with Gasteiger partial charge in [0.15, 0.2) is 0 Å². The predicted octanol–water partition coefficient (Wildman–Crippen LogP) is 2.85. The fourth-order valence-corrected chi connectivity index (χ4v) is 2.55. The average molecular weight is 315 g/mol. The lowest BCUT2D eigenvalue weighted by molar-refractivity contribution is 0.0778. The lowest BCUT2D eigenvalue weighted by Gasteiger charge is -2.17. The molecule has 0 radical (unpaired) electrons. The summed E-state index contributed by atoms with van der Waals surface area (Å²) in [6, 6.07) is 8.15. The molecular formula is C18H25N3O2. The third-order valence-electron chi connectivity index (χ3n) is 3.90. The Balaban J connectivity index is 2.23. The van der Waals surface area contributed by atoms with Crippen molar-refractivity contribution in [3.05, 3.63) is 47.3 Å². The smallest absolute Gasteiger partial charge is 0.257 e. The second kappa shape index (κ2) is 7.92. The quantitative estimate of drug-likeness (QED) is 0.738. The number of carbonyl (C=O) groups is 1. The number of hydrogen-bond donors (Lipinski definition) is 0. The standard InChI is InChI=1S/C18H25N3O2/c1-5-17-16(18(22)20(3)11-6-12-23-4)13-19-21(17)15-9-7-14(2)8-10-15/h7-10,13H,5-6,11-12H2,1-4H3. The van der Waals surface area contributed by atoms with Crippen molar-refractivity contribution < 1.29 is 9.53 Å². The van der Waals surface area contributed by atoms with Gasteiger partial charge in [-0.15, -0.1) is 0 Å². The van der Waals surface area contributed by atoms with Gasteiger partial charge >= 0.3 is 0 Å². The molecule has 0 aliphatic rings. The number of benzene rings is 1. The largest absolute Gasteiger partial charge is 0.385 e. The molecule has 1 aromatic heterocycles. The van der Waals surface area contributed by atoms with Crippen molar-refractivity contribution in [2.75, 3.05) is 27.3 Å².